The maximum Gasteiger partial charge on any atom is 0.328 e. The Labute approximate surface area is 112 Å². The molecular weight excluding hydrogens is 246 g/mol. The van der Waals surface area contributed by atoms with Gasteiger partial charge in [0.1, 0.15) is 5.75 Å². The molecule has 0 aliphatic heterocycles. The van der Waals surface area contributed by atoms with Gasteiger partial charge in [-0.2, -0.15) is 0 Å². The van der Waals surface area contributed by atoms with Crippen molar-refractivity contribution in [2.24, 2.45) is 0 Å². The van der Waals surface area contributed by atoms with Crippen molar-refractivity contribution < 1.29 is 19.4 Å². The van der Waals surface area contributed by atoms with E-state index in [9.17, 15) is 9.59 Å². The molecule has 1 rings (SSSR count). The fraction of sp³-hybridized carbons (Fsp3) is 0.286. The van der Waals surface area contributed by atoms with Crippen LogP contribution < -0.4 is 4.74 Å². The van der Waals surface area contributed by atoms with Crippen molar-refractivity contribution in [1.82, 2.24) is 4.90 Å². The normalized spacial score (nSPS) is 10.4. The molecule has 1 aromatic carbocycles. The largest absolute Gasteiger partial charge is 0.493 e. The fourth-order valence-electron chi connectivity index (χ4n) is 1.36. The monoisotopic (exact) mass is 263 g/mol. The second kappa shape index (κ2) is 7.20. The van der Waals surface area contributed by atoms with E-state index in [4.69, 9.17) is 9.84 Å². The average Bonchev–Trinajstić information content (AvgIpc) is 2.36. The van der Waals surface area contributed by atoms with Gasteiger partial charge in [-0.15, -0.1) is 0 Å². The molecule has 1 amide bonds. The van der Waals surface area contributed by atoms with E-state index < -0.39 is 5.97 Å². The SMILES string of the molecule is CN(C)C(=O)CCOc1cccc(/C=C/C(=O)O)c1. The van der Waals surface area contributed by atoms with Crippen molar-refractivity contribution in [3.63, 3.8) is 0 Å². The first kappa shape index (κ1) is 14.8. The van der Waals surface area contributed by atoms with E-state index in [2.05, 4.69) is 0 Å². The predicted molar refractivity (Wildman–Crippen MR) is 71.9 cm³/mol. The average molecular weight is 263 g/mol. The van der Waals surface area contributed by atoms with Gasteiger partial charge in [0.15, 0.2) is 0 Å². The molecule has 0 saturated heterocycles. The van der Waals surface area contributed by atoms with Gasteiger partial charge in [0, 0.05) is 20.2 Å². The van der Waals surface area contributed by atoms with E-state index in [0.29, 0.717) is 18.8 Å². The highest BCUT2D eigenvalue weighted by molar-refractivity contribution is 5.85. The first-order valence-electron chi connectivity index (χ1n) is 5.83. The Bertz CT molecular complexity index is 480. The van der Waals surface area contributed by atoms with Crippen molar-refractivity contribution in [1.29, 1.82) is 0 Å². The minimum absolute atomic E-state index is 0.00178. The third-order valence-electron chi connectivity index (χ3n) is 2.36. The van der Waals surface area contributed by atoms with Crippen LogP contribution in [-0.4, -0.2) is 42.6 Å². The summed E-state index contributed by atoms with van der Waals surface area (Å²) in [6.45, 7) is 0.295. The molecule has 0 unspecified atom stereocenters. The van der Waals surface area contributed by atoms with E-state index in [1.807, 2.05) is 0 Å². The van der Waals surface area contributed by atoms with E-state index in [0.717, 1.165) is 11.6 Å². The topological polar surface area (TPSA) is 66.8 Å². The van der Waals surface area contributed by atoms with Gasteiger partial charge in [-0.1, -0.05) is 12.1 Å². The van der Waals surface area contributed by atoms with Crippen LogP contribution in [0.4, 0.5) is 0 Å². The van der Waals surface area contributed by atoms with Gasteiger partial charge in [-0.3, -0.25) is 4.79 Å². The van der Waals surface area contributed by atoms with Crippen LogP contribution >= 0.6 is 0 Å². The summed E-state index contributed by atoms with van der Waals surface area (Å²) in [6.07, 6.45) is 2.86. The molecule has 0 radical (unpaired) electrons. The van der Waals surface area contributed by atoms with Crippen molar-refractivity contribution in [2.75, 3.05) is 20.7 Å². The number of amides is 1. The number of benzene rings is 1. The van der Waals surface area contributed by atoms with Crippen molar-refractivity contribution in [2.45, 2.75) is 6.42 Å². The molecule has 5 nitrogen and oxygen atoms in total. The van der Waals surface area contributed by atoms with Gasteiger partial charge in [-0.25, -0.2) is 4.79 Å². The molecule has 0 spiro atoms. The minimum Gasteiger partial charge on any atom is -0.493 e. The molecular formula is C14H17NO4. The lowest BCUT2D eigenvalue weighted by molar-refractivity contribution is -0.131. The number of hydrogen-bond donors (Lipinski definition) is 1. The number of carboxylic acids is 1. The summed E-state index contributed by atoms with van der Waals surface area (Å²) in [5.41, 5.74) is 0.735. The zero-order valence-corrected chi connectivity index (χ0v) is 11.0. The summed E-state index contributed by atoms with van der Waals surface area (Å²) in [7, 11) is 3.39. The zero-order chi connectivity index (χ0) is 14.3. The van der Waals surface area contributed by atoms with Crippen LogP contribution in [0.15, 0.2) is 30.3 Å². The number of carboxylic acid groups (broad SMARTS) is 1. The summed E-state index contributed by atoms with van der Waals surface area (Å²) < 4.78 is 5.45. The van der Waals surface area contributed by atoms with Gasteiger partial charge >= 0.3 is 5.97 Å². The summed E-state index contributed by atoms with van der Waals surface area (Å²) in [5, 5.41) is 8.54. The molecule has 1 N–H and O–H groups in total. The van der Waals surface area contributed by atoms with Crippen LogP contribution in [-0.2, 0) is 9.59 Å². The molecule has 0 heterocycles. The van der Waals surface area contributed by atoms with E-state index in [-0.39, 0.29) is 5.91 Å². The van der Waals surface area contributed by atoms with Crippen LogP contribution in [0.2, 0.25) is 0 Å². The van der Waals surface area contributed by atoms with E-state index >= 15 is 0 Å². The Morgan fingerprint density at radius 1 is 1.37 bits per heavy atom. The van der Waals surface area contributed by atoms with Gasteiger partial charge in [0.2, 0.25) is 5.91 Å². The molecule has 19 heavy (non-hydrogen) atoms. The summed E-state index contributed by atoms with van der Waals surface area (Å²) >= 11 is 0. The lowest BCUT2D eigenvalue weighted by Crippen LogP contribution is -2.23. The molecule has 0 atom stereocenters. The Kier molecular flexibility index (Phi) is 5.60. The highest BCUT2D eigenvalue weighted by Crippen LogP contribution is 2.14. The standard InChI is InChI=1S/C14H17NO4/c1-15(2)13(16)8-9-19-12-5-3-4-11(10-12)6-7-14(17)18/h3-7,10H,8-9H2,1-2H3,(H,17,18)/b7-6+. The lowest BCUT2D eigenvalue weighted by atomic mass is 10.2. The van der Waals surface area contributed by atoms with E-state index in [1.54, 1.807) is 38.4 Å². The quantitative estimate of drug-likeness (QED) is 0.792. The third-order valence-corrected chi connectivity index (χ3v) is 2.36. The van der Waals surface area contributed by atoms with Gasteiger partial charge < -0.3 is 14.7 Å². The van der Waals surface area contributed by atoms with Crippen LogP contribution in [0.5, 0.6) is 5.75 Å². The third kappa shape index (κ3) is 5.72. The molecule has 0 saturated carbocycles. The zero-order valence-electron chi connectivity index (χ0n) is 11.0. The van der Waals surface area contributed by atoms with Crippen LogP contribution in [0.25, 0.3) is 6.08 Å². The molecule has 0 aromatic heterocycles. The summed E-state index contributed by atoms with van der Waals surface area (Å²) in [6, 6.07) is 7.03. The smallest absolute Gasteiger partial charge is 0.328 e. The van der Waals surface area contributed by atoms with Crippen molar-refractivity contribution >= 4 is 18.0 Å². The van der Waals surface area contributed by atoms with Gasteiger partial charge in [0.05, 0.1) is 13.0 Å². The highest BCUT2D eigenvalue weighted by Gasteiger charge is 2.03. The molecule has 0 fully saturated rings. The molecule has 102 valence electrons. The van der Waals surface area contributed by atoms with Crippen molar-refractivity contribution in [3.8, 4) is 5.75 Å². The lowest BCUT2D eigenvalue weighted by Gasteiger charge is -2.11. The Balaban J connectivity index is 2.53. The molecule has 5 heteroatoms. The molecule has 0 bridgehead atoms. The molecule has 0 aliphatic rings. The number of ether oxygens (including phenoxy) is 1. The molecule has 1 aromatic rings. The maximum atomic E-state index is 11.3. The van der Waals surface area contributed by atoms with Crippen LogP contribution in [0.3, 0.4) is 0 Å². The number of aliphatic carboxylic acids is 1. The van der Waals surface area contributed by atoms with Gasteiger partial charge in [-0.05, 0) is 23.8 Å². The number of nitrogens with zero attached hydrogens (tertiary/aromatic N) is 1. The van der Waals surface area contributed by atoms with Crippen molar-refractivity contribution in [3.05, 3.63) is 35.9 Å². The number of carbonyl (C=O) groups excluding carboxylic acids is 1. The minimum atomic E-state index is -0.997. The first-order chi connectivity index (χ1) is 8.99. The van der Waals surface area contributed by atoms with Crippen LogP contribution in [0, 0.1) is 0 Å². The van der Waals surface area contributed by atoms with E-state index in [1.165, 1.54) is 11.0 Å². The molecule has 0 aliphatic carbocycles. The number of carbonyl (C=O) groups is 2. The second-order valence-electron chi connectivity index (χ2n) is 4.13. The first-order valence-corrected chi connectivity index (χ1v) is 5.83. The Morgan fingerprint density at radius 2 is 2.11 bits per heavy atom. The number of hydrogen-bond acceptors (Lipinski definition) is 3. The summed E-state index contributed by atoms with van der Waals surface area (Å²) in [4.78, 5) is 23.3. The van der Waals surface area contributed by atoms with Crippen LogP contribution in [0.1, 0.15) is 12.0 Å². The Hall–Kier alpha value is -2.30. The maximum absolute atomic E-state index is 11.3. The second-order valence-corrected chi connectivity index (χ2v) is 4.13. The predicted octanol–water partition coefficient (Wildman–Crippen LogP) is 1.64. The summed E-state index contributed by atoms with van der Waals surface area (Å²) in [5.74, 6) is -0.385. The van der Waals surface area contributed by atoms with Gasteiger partial charge in [0.25, 0.3) is 0 Å². The fourth-order valence-corrected chi connectivity index (χ4v) is 1.36. The highest BCUT2D eigenvalue weighted by atomic mass is 16.5. The Morgan fingerprint density at radius 3 is 2.74 bits per heavy atom. The number of rotatable bonds is 6.